The third-order valence-electron chi connectivity index (χ3n) is 2.74. The smallest absolute Gasteiger partial charge is 0.256 e. The van der Waals surface area contributed by atoms with Crippen LogP contribution >= 0.6 is 11.6 Å². The fourth-order valence-corrected chi connectivity index (χ4v) is 2.18. The molecule has 4 nitrogen and oxygen atoms in total. The van der Waals surface area contributed by atoms with E-state index in [1.165, 1.54) is 6.20 Å². The highest BCUT2D eigenvalue weighted by atomic mass is 35.5. The Morgan fingerprint density at radius 1 is 1.67 bits per heavy atom. The number of hydrogen-bond acceptors (Lipinski definition) is 3. The highest BCUT2D eigenvalue weighted by molar-refractivity contribution is 6.21. The summed E-state index contributed by atoms with van der Waals surface area (Å²) in [5.74, 6) is 0.392. The predicted octanol–water partition coefficient (Wildman–Crippen LogP) is 1.87. The summed E-state index contributed by atoms with van der Waals surface area (Å²) >= 11 is 6.07. The number of carbonyl (C=O) groups is 1. The maximum atomic E-state index is 11.8. The fraction of sp³-hybridized carbons (Fsp3) is 0.600. The third kappa shape index (κ3) is 2.15. The Labute approximate surface area is 93.0 Å². The van der Waals surface area contributed by atoms with Crippen molar-refractivity contribution in [3.63, 3.8) is 0 Å². The van der Waals surface area contributed by atoms with Crippen LogP contribution in [-0.2, 0) is 0 Å². The van der Waals surface area contributed by atoms with Crippen LogP contribution in [-0.4, -0.2) is 22.5 Å². The van der Waals surface area contributed by atoms with E-state index >= 15 is 0 Å². The normalized spacial score (nSPS) is 25.5. The second-order valence-corrected chi connectivity index (χ2v) is 4.38. The molecule has 0 aliphatic heterocycles. The number of aromatic nitrogens is 1. The molecule has 15 heavy (non-hydrogen) atoms. The zero-order chi connectivity index (χ0) is 10.8. The van der Waals surface area contributed by atoms with Gasteiger partial charge in [0.15, 0.2) is 0 Å². The lowest BCUT2D eigenvalue weighted by Crippen LogP contribution is -2.37. The van der Waals surface area contributed by atoms with E-state index in [4.69, 9.17) is 16.1 Å². The van der Waals surface area contributed by atoms with Crippen LogP contribution in [0.25, 0.3) is 0 Å². The van der Waals surface area contributed by atoms with E-state index in [1.54, 1.807) is 6.92 Å². The van der Waals surface area contributed by atoms with Gasteiger partial charge in [-0.1, -0.05) is 5.16 Å². The number of nitrogens with zero attached hydrogens (tertiary/aromatic N) is 1. The molecule has 1 aromatic heterocycles. The highest BCUT2D eigenvalue weighted by Gasteiger charge is 2.27. The van der Waals surface area contributed by atoms with Crippen LogP contribution in [0.4, 0.5) is 0 Å². The molecule has 1 amide bonds. The monoisotopic (exact) mass is 228 g/mol. The first-order valence-corrected chi connectivity index (χ1v) is 5.48. The molecule has 82 valence electrons. The summed E-state index contributed by atoms with van der Waals surface area (Å²) in [6.45, 7) is 1.72. The van der Waals surface area contributed by atoms with Crippen LogP contribution < -0.4 is 5.32 Å². The fourth-order valence-electron chi connectivity index (χ4n) is 1.84. The van der Waals surface area contributed by atoms with E-state index in [0.717, 1.165) is 19.3 Å². The molecule has 1 aliphatic carbocycles. The first-order valence-electron chi connectivity index (χ1n) is 5.04. The summed E-state index contributed by atoms with van der Waals surface area (Å²) in [5, 5.41) is 6.52. The van der Waals surface area contributed by atoms with Crippen molar-refractivity contribution >= 4 is 17.5 Å². The molecule has 1 fully saturated rings. The number of rotatable bonds is 2. The van der Waals surface area contributed by atoms with Gasteiger partial charge in [-0.3, -0.25) is 4.79 Å². The topological polar surface area (TPSA) is 55.1 Å². The maximum absolute atomic E-state index is 11.8. The molecule has 2 rings (SSSR count). The van der Waals surface area contributed by atoms with Gasteiger partial charge in [0.05, 0.1) is 11.6 Å². The molecule has 2 unspecified atom stereocenters. The predicted molar refractivity (Wildman–Crippen MR) is 56.0 cm³/mol. The lowest BCUT2D eigenvalue weighted by atomic mass is 10.2. The number of alkyl halides is 1. The van der Waals surface area contributed by atoms with Crippen LogP contribution in [0.2, 0.25) is 0 Å². The lowest BCUT2D eigenvalue weighted by molar-refractivity contribution is 0.0937. The van der Waals surface area contributed by atoms with Crippen molar-refractivity contribution in [1.29, 1.82) is 0 Å². The van der Waals surface area contributed by atoms with Crippen LogP contribution in [0.1, 0.15) is 35.4 Å². The second kappa shape index (κ2) is 4.23. The molecular weight excluding hydrogens is 216 g/mol. The van der Waals surface area contributed by atoms with Crippen LogP contribution in [0.5, 0.6) is 0 Å². The summed E-state index contributed by atoms with van der Waals surface area (Å²) in [4.78, 5) is 11.8. The van der Waals surface area contributed by atoms with E-state index in [1.807, 2.05) is 0 Å². The quantitative estimate of drug-likeness (QED) is 0.787. The van der Waals surface area contributed by atoms with Crippen molar-refractivity contribution in [3.8, 4) is 0 Å². The van der Waals surface area contributed by atoms with Gasteiger partial charge in [0.2, 0.25) is 0 Å². The molecule has 1 heterocycles. The molecule has 1 N–H and O–H groups in total. The average molecular weight is 229 g/mol. The Morgan fingerprint density at radius 2 is 2.47 bits per heavy atom. The van der Waals surface area contributed by atoms with Gasteiger partial charge >= 0.3 is 0 Å². The van der Waals surface area contributed by atoms with Crippen molar-refractivity contribution in [2.45, 2.75) is 37.6 Å². The van der Waals surface area contributed by atoms with E-state index in [-0.39, 0.29) is 17.3 Å². The van der Waals surface area contributed by atoms with Crippen molar-refractivity contribution < 1.29 is 9.32 Å². The Balaban J connectivity index is 2.01. The first kappa shape index (κ1) is 10.5. The lowest BCUT2D eigenvalue weighted by Gasteiger charge is -2.14. The molecule has 2 atom stereocenters. The van der Waals surface area contributed by atoms with Gasteiger partial charge in [-0.25, -0.2) is 0 Å². The number of hydrogen-bond donors (Lipinski definition) is 1. The van der Waals surface area contributed by atoms with Gasteiger partial charge in [0, 0.05) is 6.04 Å². The molecule has 1 aromatic rings. The van der Waals surface area contributed by atoms with E-state index in [0.29, 0.717) is 11.3 Å². The van der Waals surface area contributed by atoms with Crippen LogP contribution in [0.3, 0.4) is 0 Å². The van der Waals surface area contributed by atoms with Crippen molar-refractivity contribution in [1.82, 2.24) is 10.5 Å². The number of amides is 1. The van der Waals surface area contributed by atoms with Crippen molar-refractivity contribution in [2.24, 2.45) is 0 Å². The first-order chi connectivity index (χ1) is 7.18. The molecule has 5 heteroatoms. The highest BCUT2D eigenvalue weighted by Crippen LogP contribution is 2.24. The Morgan fingerprint density at radius 3 is 3.00 bits per heavy atom. The molecular formula is C10H13ClN2O2. The van der Waals surface area contributed by atoms with E-state index in [9.17, 15) is 4.79 Å². The average Bonchev–Trinajstić information content (AvgIpc) is 2.76. The van der Waals surface area contributed by atoms with E-state index in [2.05, 4.69) is 10.5 Å². The van der Waals surface area contributed by atoms with Gasteiger partial charge in [0.1, 0.15) is 11.3 Å². The summed E-state index contributed by atoms with van der Waals surface area (Å²) in [5.41, 5.74) is 0.491. The minimum absolute atomic E-state index is 0.0501. The van der Waals surface area contributed by atoms with Crippen molar-refractivity contribution in [3.05, 3.63) is 17.5 Å². The number of nitrogens with one attached hydrogen (secondary N) is 1. The number of aryl methyl sites for hydroxylation is 1. The van der Waals surface area contributed by atoms with Gasteiger partial charge < -0.3 is 9.84 Å². The summed E-state index contributed by atoms with van der Waals surface area (Å²) in [6.07, 6.45) is 4.42. The Kier molecular flexibility index (Phi) is 2.95. The Bertz CT molecular complexity index is 364. The number of halogens is 1. The van der Waals surface area contributed by atoms with Crippen molar-refractivity contribution in [2.75, 3.05) is 0 Å². The summed E-state index contributed by atoms with van der Waals surface area (Å²) in [6, 6.07) is 0.0773. The van der Waals surface area contributed by atoms with E-state index < -0.39 is 0 Å². The minimum atomic E-state index is -0.147. The zero-order valence-corrected chi connectivity index (χ0v) is 9.25. The third-order valence-corrected chi connectivity index (χ3v) is 3.27. The van der Waals surface area contributed by atoms with Gasteiger partial charge in [-0.05, 0) is 26.2 Å². The second-order valence-electron chi connectivity index (χ2n) is 3.82. The summed E-state index contributed by atoms with van der Waals surface area (Å²) in [7, 11) is 0. The van der Waals surface area contributed by atoms with Gasteiger partial charge in [-0.2, -0.15) is 0 Å². The minimum Gasteiger partial charge on any atom is -0.361 e. The Hall–Kier alpha value is -1.03. The maximum Gasteiger partial charge on any atom is 0.256 e. The molecule has 0 bridgehead atoms. The molecule has 0 spiro atoms. The van der Waals surface area contributed by atoms with Gasteiger partial charge in [-0.15, -0.1) is 11.6 Å². The summed E-state index contributed by atoms with van der Waals surface area (Å²) < 4.78 is 4.83. The van der Waals surface area contributed by atoms with Crippen LogP contribution in [0.15, 0.2) is 10.7 Å². The zero-order valence-electron chi connectivity index (χ0n) is 8.50. The molecule has 0 aromatic carbocycles. The molecule has 1 saturated carbocycles. The van der Waals surface area contributed by atoms with Gasteiger partial charge in [0.25, 0.3) is 5.91 Å². The molecule has 1 aliphatic rings. The SMILES string of the molecule is Cc1oncc1C(=O)NC1CCCC1Cl. The van der Waals surface area contributed by atoms with Crippen LogP contribution in [0, 0.1) is 6.92 Å². The molecule has 0 saturated heterocycles. The standard InChI is InChI=1S/C10H13ClN2O2/c1-6-7(5-12-15-6)10(14)13-9-4-2-3-8(9)11/h5,8-9H,2-4H2,1H3,(H,13,14). The molecule has 0 radical (unpaired) electrons. The largest absolute Gasteiger partial charge is 0.361 e. The number of carbonyl (C=O) groups excluding carboxylic acids is 1.